The van der Waals surface area contributed by atoms with Gasteiger partial charge in [-0.25, -0.2) is 0 Å². The molecule has 5 N–H and O–H groups in total. The van der Waals surface area contributed by atoms with Gasteiger partial charge in [-0.1, -0.05) is 12.1 Å². The van der Waals surface area contributed by atoms with E-state index < -0.39 is 35.4 Å². The molecule has 1 aliphatic carbocycles. The van der Waals surface area contributed by atoms with Crippen LogP contribution in [0.15, 0.2) is 42.2 Å². The molecule has 0 aromatic heterocycles. The molecule has 1 aromatic rings. The summed E-state index contributed by atoms with van der Waals surface area (Å²) in [6, 6.07) is 3.76. The molecule has 0 amide bonds. The van der Waals surface area contributed by atoms with Gasteiger partial charge in [0.05, 0.1) is 0 Å². The fourth-order valence-electron chi connectivity index (χ4n) is 2.64. The number of aliphatic hydroxyl groups is 3. The van der Waals surface area contributed by atoms with E-state index in [0.717, 1.165) is 6.08 Å². The Balaban J connectivity index is 1.99. The fourth-order valence-corrected chi connectivity index (χ4v) is 2.64. The van der Waals surface area contributed by atoms with Gasteiger partial charge in [0, 0.05) is 0 Å². The monoisotopic (exact) mass is 306 g/mol. The van der Waals surface area contributed by atoms with E-state index in [1.807, 2.05) is 0 Å². The van der Waals surface area contributed by atoms with E-state index in [9.17, 15) is 30.3 Å². The van der Waals surface area contributed by atoms with Crippen LogP contribution in [0.4, 0.5) is 0 Å². The lowest BCUT2D eigenvalue weighted by atomic mass is 9.81. The number of fused-ring (bicyclic) bond motifs is 1. The van der Waals surface area contributed by atoms with E-state index >= 15 is 0 Å². The number of phenolic OH excluding ortho intramolecular Hbond substituents is 2. The number of hydrogen-bond donors (Lipinski definition) is 5. The second-order valence-electron chi connectivity index (χ2n) is 5.28. The van der Waals surface area contributed by atoms with Crippen molar-refractivity contribution in [2.75, 3.05) is 0 Å². The molecule has 1 heterocycles. The third-order valence-corrected chi connectivity index (χ3v) is 3.77. The predicted octanol–water partition coefficient (Wildman–Crippen LogP) is -0.150. The van der Waals surface area contributed by atoms with Crippen molar-refractivity contribution in [3.8, 4) is 11.5 Å². The summed E-state index contributed by atoms with van der Waals surface area (Å²) in [6.07, 6.45) is 1.01. The molecule has 1 fully saturated rings. The third-order valence-electron chi connectivity index (χ3n) is 3.77. The fraction of sp³-hybridized carbons (Fsp3) is 0.267. The van der Waals surface area contributed by atoms with Crippen molar-refractivity contribution < 1.29 is 35.1 Å². The van der Waals surface area contributed by atoms with Crippen LogP contribution in [0.5, 0.6) is 11.5 Å². The van der Waals surface area contributed by atoms with E-state index in [0.29, 0.717) is 0 Å². The summed E-state index contributed by atoms with van der Waals surface area (Å²) in [4.78, 5) is 12.3. The molecule has 0 spiro atoms. The maximum Gasteiger partial charge on any atom is 0.200 e. The maximum atomic E-state index is 12.3. The Kier molecular flexibility index (Phi) is 3.21. The number of allylic oxidation sites excluding steroid dienone is 2. The van der Waals surface area contributed by atoms with E-state index in [1.165, 1.54) is 30.4 Å². The molecular weight excluding hydrogens is 292 g/mol. The number of benzene rings is 1. The molecule has 116 valence electrons. The van der Waals surface area contributed by atoms with Crippen molar-refractivity contribution >= 4 is 5.78 Å². The molecule has 0 bridgehead atoms. The summed E-state index contributed by atoms with van der Waals surface area (Å²) in [5, 5.41) is 48.6. The molecular formula is C15H14O7. The Labute approximate surface area is 125 Å². The predicted molar refractivity (Wildman–Crippen MR) is 72.5 cm³/mol. The van der Waals surface area contributed by atoms with Crippen molar-refractivity contribution in [1.29, 1.82) is 0 Å². The van der Waals surface area contributed by atoms with Gasteiger partial charge in [0.2, 0.25) is 0 Å². The highest BCUT2D eigenvalue weighted by Crippen LogP contribution is 2.42. The molecule has 1 aliphatic heterocycles. The van der Waals surface area contributed by atoms with Crippen molar-refractivity contribution in [1.82, 2.24) is 0 Å². The topological polar surface area (TPSA) is 127 Å². The minimum absolute atomic E-state index is 0.0142. The SMILES string of the molecule is O=C1C(O)C(c2ccc(O)c(O)c2)OC2=CC=CC(O)(O)C12. The smallest absolute Gasteiger partial charge is 0.200 e. The van der Waals surface area contributed by atoms with Crippen LogP contribution in [0.3, 0.4) is 0 Å². The molecule has 1 aromatic carbocycles. The van der Waals surface area contributed by atoms with Crippen molar-refractivity contribution in [2.24, 2.45) is 5.92 Å². The number of carbonyl (C=O) groups is 1. The van der Waals surface area contributed by atoms with E-state index in [1.54, 1.807) is 0 Å². The molecule has 3 unspecified atom stereocenters. The summed E-state index contributed by atoms with van der Waals surface area (Å²) in [5.74, 6) is -5.38. The largest absolute Gasteiger partial charge is 0.504 e. The van der Waals surface area contributed by atoms with Crippen LogP contribution in [-0.2, 0) is 9.53 Å². The Morgan fingerprint density at radius 2 is 1.86 bits per heavy atom. The van der Waals surface area contributed by atoms with Crippen LogP contribution in [0.1, 0.15) is 11.7 Å². The summed E-state index contributed by atoms with van der Waals surface area (Å²) < 4.78 is 5.52. The highest BCUT2D eigenvalue weighted by atomic mass is 16.5. The second kappa shape index (κ2) is 4.84. The Morgan fingerprint density at radius 3 is 2.55 bits per heavy atom. The van der Waals surface area contributed by atoms with E-state index in [-0.39, 0.29) is 17.1 Å². The standard InChI is InChI=1S/C15H14O7/c16-8-4-3-7(6-9(8)17)14-13(19)12(18)11-10(22-14)2-1-5-15(11,20)21/h1-6,11,13-14,16-17,19-21H. The van der Waals surface area contributed by atoms with Gasteiger partial charge in [-0.15, -0.1) is 0 Å². The minimum Gasteiger partial charge on any atom is -0.504 e. The number of Topliss-reactive ketones (excluding diaryl/α,β-unsaturated/α-hetero) is 1. The number of ether oxygens (including phenoxy) is 1. The lowest BCUT2D eigenvalue weighted by Gasteiger charge is -2.40. The second-order valence-corrected chi connectivity index (χ2v) is 5.28. The minimum atomic E-state index is -2.43. The normalized spacial score (nSPS) is 29.5. The van der Waals surface area contributed by atoms with Gasteiger partial charge in [-0.05, 0) is 29.8 Å². The average Bonchev–Trinajstić information content (AvgIpc) is 2.45. The molecule has 1 saturated heterocycles. The molecule has 3 rings (SSSR count). The molecule has 7 heteroatoms. The van der Waals surface area contributed by atoms with E-state index in [4.69, 9.17) is 4.74 Å². The Morgan fingerprint density at radius 1 is 1.14 bits per heavy atom. The van der Waals surface area contributed by atoms with E-state index in [2.05, 4.69) is 0 Å². The third kappa shape index (κ3) is 2.16. The van der Waals surface area contributed by atoms with Gasteiger partial charge in [0.1, 0.15) is 11.7 Å². The summed E-state index contributed by atoms with van der Waals surface area (Å²) in [6.45, 7) is 0. The molecule has 3 atom stereocenters. The maximum absolute atomic E-state index is 12.3. The van der Waals surface area contributed by atoms with Crippen LogP contribution in [0.2, 0.25) is 0 Å². The van der Waals surface area contributed by atoms with Crippen LogP contribution in [-0.4, -0.2) is 43.2 Å². The van der Waals surface area contributed by atoms with Crippen LogP contribution < -0.4 is 0 Å². The van der Waals surface area contributed by atoms with Gasteiger partial charge in [0.15, 0.2) is 35.3 Å². The van der Waals surface area contributed by atoms with Gasteiger partial charge in [-0.2, -0.15) is 0 Å². The van der Waals surface area contributed by atoms with Crippen LogP contribution in [0, 0.1) is 5.92 Å². The lowest BCUT2D eigenvalue weighted by molar-refractivity contribution is -0.194. The van der Waals surface area contributed by atoms with Crippen molar-refractivity contribution in [2.45, 2.75) is 18.0 Å². The molecule has 0 saturated carbocycles. The summed E-state index contributed by atoms with van der Waals surface area (Å²) >= 11 is 0. The molecule has 7 nitrogen and oxygen atoms in total. The number of aromatic hydroxyl groups is 2. The highest BCUT2D eigenvalue weighted by molar-refractivity contribution is 5.90. The number of phenols is 2. The lowest BCUT2D eigenvalue weighted by Crippen LogP contribution is -2.52. The van der Waals surface area contributed by atoms with Crippen LogP contribution >= 0.6 is 0 Å². The first-order valence-corrected chi connectivity index (χ1v) is 6.56. The number of aliphatic hydroxyl groups excluding tert-OH is 1. The summed E-state index contributed by atoms with van der Waals surface area (Å²) in [7, 11) is 0. The first kappa shape index (κ1) is 14.6. The number of rotatable bonds is 1. The zero-order chi connectivity index (χ0) is 16.1. The van der Waals surface area contributed by atoms with Crippen molar-refractivity contribution in [3.63, 3.8) is 0 Å². The first-order chi connectivity index (χ1) is 10.3. The van der Waals surface area contributed by atoms with Crippen LogP contribution in [0.25, 0.3) is 0 Å². The van der Waals surface area contributed by atoms with Gasteiger partial charge in [0.25, 0.3) is 0 Å². The van der Waals surface area contributed by atoms with Crippen molar-refractivity contribution in [3.05, 3.63) is 47.7 Å². The quantitative estimate of drug-likeness (QED) is 0.360. The summed E-state index contributed by atoms with van der Waals surface area (Å²) in [5.41, 5.74) is 0.270. The Bertz CT molecular complexity index is 689. The average molecular weight is 306 g/mol. The number of hydrogen-bond acceptors (Lipinski definition) is 7. The molecule has 0 radical (unpaired) electrons. The number of ketones is 1. The van der Waals surface area contributed by atoms with Gasteiger partial charge >= 0.3 is 0 Å². The zero-order valence-corrected chi connectivity index (χ0v) is 11.2. The Hall–Kier alpha value is -2.35. The number of carbonyl (C=O) groups excluding carboxylic acids is 1. The van der Waals surface area contributed by atoms with Gasteiger partial charge < -0.3 is 30.3 Å². The zero-order valence-electron chi connectivity index (χ0n) is 11.2. The van der Waals surface area contributed by atoms with Gasteiger partial charge in [-0.3, -0.25) is 4.79 Å². The first-order valence-electron chi connectivity index (χ1n) is 6.56. The highest BCUT2D eigenvalue weighted by Gasteiger charge is 2.51. The molecule has 22 heavy (non-hydrogen) atoms. The molecule has 2 aliphatic rings.